The highest BCUT2D eigenvalue weighted by Gasteiger charge is 2.12. The molecule has 0 aromatic carbocycles. The van der Waals surface area contributed by atoms with Gasteiger partial charge in [0.15, 0.2) is 5.78 Å². The number of Topliss-reactive ketones (excluding diaryl/α,β-unsaturated/α-hetero) is 1. The number of aromatic nitrogens is 1. The molecule has 0 fully saturated rings. The van der Waals surface area contributed by atoms with Crippen molar-refractivity contribution < 1.29 is 13.6 Å². The molecule has 14 heavy (non-hydrogen) atoms. The van der Waals surface area contributed by atoms with E-state index in [1.54, 1.807) is 19.1 Å². The highest BCUT2D eigenvalue weighted by Crippen LogP contribution is 2.17. The molecule has 0 aliphatic heterocycles. The normalized spacial score (nSPS) is 13.3. The maximum absolute atomic E-state index is 11.5. The summed E-state index contributed by atoms with van der Waals surface area (Å²) < 4.78 is 25.6. The van der Waals surface area contributed by atoms with E-state index in [0.29, 0.717) is 5.69 Å². The van der Waals surface area contributed by atoms with Crippen LogP contribution >= 0.6 is 0 Å². The SMILES string of the molecule is [2H]C([2H])([2H])Oc1nc(C)ccc1C(=O)CC#N. The summed E-state index contributed by atoms with van der Waals surface area (Å²) in [6.45, 7) is 1.64. The molecule has 1 rings (SSSR count). The van der Waals surface area contributed by atoms with Crippen LogP contribution in [0.15, 0.2) is 12.1 Å². The van der Waals surface area contributed by atoms with Gasteiger partial charge in [0.05, 0.1) is 29.2 Å². The highest BCUT2D eigenvalue weighted by molar-refractivity contribution is 5.99. The average molecular weight is 193 g/mol. The van der Waals surface area contributed by atoms with Crippen molar-refractivity contribution >= 4 is 5.78 Å². The van der Waals surface area contributed by atoms with Gasteiger partial charge in [0, 0.05) is 5.69 Å². The lowest BCUT2D eigenvalue weighted by atomic mass is 10.1. The second kappa shape index (κ2) is 4.38. The number of carbonyl (C=O) groups is 1. The first-order chi connectivity index (χ1) is 7.83. The van der Waals surface area contributed by atoms with E-state index in [4.69, 9.17) is 9.37 Å². The Kier molecular flexibility index (Phi) is 2.05. The topological polar surface area (TPSA) is 63.0 Å². The third-order valence-corrected chi connectivity index (χ3v) is 1.64. The zero-order valence-electron chi connectivity index (χ0n) is 10.6. The van der Waals surface area contributed by atoms with Crippen LogP contribution in [0.3, 0.4) is 0 Å². The summed E-state index contributed by atoms with van der Waals surface area (Å²) in [6, 6.07) is 4.66. The van der Waals surface area contributed by atoms with E-state index in [1.165, 1.54) is 6.07 Å². The smallest absolute Gasteiger partial charge is 0.224 e. The van der Waals surface area contributed by atoms with E-state index in [2.05, 4.69) is 9.72 Å². The van der Waals surface area contributed by atoms with Crippen molar-refractivity contribution in [3.8, 4) is 11.9 Å². The van der Waals surface area contributed by atoms with Crippen LogP contribution in [0, 0.1) is 18.3 Å². The molecule has 0 spiro atoms. The van der Waals surface area contributed by atoms with E-state index >= 15 is 0 Å². The zero-order chi connectivity index (χ0) is 13.1. The molecule has 0 N–H and O–H groups in total. The van der Waals surface area contributed by atoms with Gasteiger partial charge in [0.1, 0.15) is 0 Å². The fourth-order valence-corrected chi connectivity index (χ4v) is 0.990. The van der Waals surface area contributed by atoms with Crippen molar-refractivity contribution in [2.24, 2.45) is 0 Å². The fourth-order valence-electron chi connectivity index (χ4n) is 0.990. The van der Waals surface area contributed by atoms with Gasteiger partial charge in [0.25, 0.3) is 0 Å². The van der Waals surface area contributed by atoms with E-state index in [9.17, 15) is 4.79 Å². The maximum Gasteiger partial charge on any atom is 0.224 e. The molecule has 0 saturated heterocycles. The first kappa shape index (κ1) is 6.55. The van der Waals surface area contributed by atoms with Crippen LogP contribution in [0.4, 0.5) is 0 Å². The predicted octanol–water partition coefficient (Wildman–Crippen LogP) is 1.50. The molecule has 0 atom stereocenters. The summed E-state index contributed by atoms with van der Waals surface area (Å²) >= 11 is 0. The predicted molar refractivity (Wildman–Crippen MR) is 50.1 cm³/mol. The minimum Gasteiger partial charge on any atom is -0.480 e. The van der Waals surface area contributed by atoms with Crippen molar-refractivity contribution in [1.82, 2.24) is 4.98 Å². The summed E-state index contributed by atoms with van der Waals surface area (Å²) in [5.41, 5.74) is 0.533. The third-order valence-electron chi connectivity index (χ3n) is 1.64. The number of pyridine rings is 1. The van der Waals surface area contributed by atoms with Crippen LogP contribution < -0.4 is 4.74 Å². The molecule has 4 nitrogen and oxygen atoms in total. The Labute approximate surface area is 86.4 Å². The molecule has 72 valence electrons. The average Bonchev–Trinajstić information content (AvgIpc) is 2.15. The quantitative estimate of drug-likeness (QED) is 0.682. The fraction of sp³-hybridized carbons (Fsp3) is 0.300. The van der Waals surface area contributed by atoms with Crippen LogP contribution in [0.5, 0.6) is 5.88 Å². The number of hydrogen-bond donors (Lipinski definition) is 0. The van der Waals surface area contributed by atoms with Gasteiger partial charge in [-0.05, 0) is 19.1 Å². The zero-order valence-corrected chi connectivity index (χ0v) is 7.57. The molecule has 0 aliphatic rings. The summed E-state index contributed by atoms with van der Waals surface area (Å²) in [7, 11) is -2.68. The second-order valence-electron chi connectivity index (χ2n) is 2.67. The van der Waals surface area contributed by atoms with Gasteiger partial charge in [-0.25, -0.2) is 4.98 Å². The molecule has 0 saturated carbocycles. The van der Waals surface area contributed by atoms with Crippen LogP contribution in [0.25, 0.3) is 0 Å². The molecule has 0 radical (unpaired) electrons. The Morgan fingerprint density at radius 3 is 3.21 bits per heavy atom. The Morgan fingerprint density at radius 1 is 1.79 bits per heavy atom. The highest BCUT2D eigenvalue weighted by atomic mass is 16.5. The lowest BCUT2D eigenvalue weighted by molar-refractivity contribution is 0.0994. The van der Waals surface area contributed by atoms with Gasteiger partial charge < -0.3 is 4.74 Å². The Morgan fingerprint density at radius 2 is 2.57 bits per heavy atom. The molecular weight excluding hydrogens is 180 g/mol. The number of nitriles is 1. The Balaban J connectivity index is 3.13. The van der Waals surface area contributed by atoms with Gasteiger partial charge in [-0.1, -0.05) is 0 Å². The number of ketones is 1. The first-order valence-corrected chi connectivity index (χ1v) is 3.90. The van der Waals surface area contributed by atoms with Crippen molar-refractivity contribution in [2.75, 3.05) is 7.04 Å². The number of carbonyl (C=O) groups excluding carboxylic acids is 1. The summed E-state index contributed by atoms with van der Waals surface area (Å²) in [6.07, 6.45) is -0.345. The van der Waals surface area contributed by atoms with Crippen LogP contribution in [0.2, 0.25) is 0 Å². The molecule has 0 aliphatic carbocycles. The number of aryl methyl sites for hydroxylation is 1. The number of nitrogens with zero attached hydrogens (tertiary/aromatic N) is 2. The van der Waals surface area contributed by atoms with Crippen LogP contribution in [-0.4, -0.2) is 17.8 Å². The van der Waals surface area contributed by atoms with Gasteiger partial charge in [0.2, 0.25) is 5.88 Å². The van der Waals surface area contributed by atoms with E-state index in [-0.39, 0.29) is 17.9 Å². The van der Waals surface area contributed by atoms with E-state index in [1.807, 2.05) is 0 Å². The van der Waals surface area contributed by atoms with Gasteiger partial charge in [-0.15, -0.1) is 0 Å². The third kappa shape index (κ3) is 2.07. The van der Waals surface area contributed by atoms with Crippen molar-refractivity contribution in [3.63, 3.8) is 0 Å². The lowest BCUT2D eigenvalue weighted by Crippen LogP contribution is -2.03. The Bertz CT molecular complexity index is 477. The monoisotopic (exact) mass is 193 g/mol. The molecule has 1 heterocycles. The minimum atomic E-state index is -2.68. The van der Waals surface area contributed by atoms with Crippen molar-refractivity contribution in [1.29, 1.82) is 5.26 Å². The minimum absolute atomic E-state index is 0.00766. The molecule has 0 bridgehead atoms. The van der Waals surface area contributed by atoms with E-state index in [0.717, 1.165) is 0 Å². The van der Waals surface area contributed by atoms with Crippen molar-refractivity contribution in [3.05, 3.63) is 23.4 Å². The van der Waals surface area contributed by atoms with Crippen LogP contribution in [-0.2, 0) is 0 Å². The number of rotatable bonds is 3. The number of ether oxygens (including phenoxy) is 1. The molecule has 1 aromatic heterocycles. The first-order valence-electron chi connectivity index (χ1n) is 5.40. The molecule has 0 amide bonds. The maximum atomic E-state index is 11.5. The number of hydrogen-bond acceptors (Lipinski definition) is 4. The van der Waals surface area contributed by atoms with Crippen molar-refractivity contribution in [2.45, 2.75) is 13.3 Å². The van der Waals surface area contributed by atoms with Gasteiger partial charge in [-0.3, -0.25) is 4.79 Å². The Hall–Kier alpha value is -1.89. The van der Waals surface area contributed by atoms with Gasteiger partial charge in [-0.2, -0.15) is 5.26 Å². The molecule has 0 unspecified atom stereocenters. The van der Waals surface area contributed by atoms with Crippen LogP contribution in [0.1, 0.15) is 26.6 Å². The van der Waals surface area contributed by atoms with E-state index < -0.39 is 12.8 Å². The molecule has 4 heteroatoms. The molecule has 1 aromatic rings. The summed E-state index contributed by atoms with van der Waals surface area (Å²) in [5.74, 6) is -0.774. The van der Waals surface area contributed by atoms with Gasteiger partial charge >= 0.3 is 0 Å². The lowest BCUT2D eigenvalue weighted by Gasteiger charge is -2.05. The molecular formula is C10H10N2O2. The summed E-state index contributed by atoms with van der Waals surface area (Å²) in [5, 5.41) is 8.43. The standard InChI is InChI=1S/C10H10N2O2/c1-7-3-4-8(9(13)5-6-11)10(12-7)14-2/h3-4H,5H2,1-2H3/i2D3. The summed E-state index contributed by atoms with van der Waals surface area (Å²) in [4.78, 5) is 15.4. The number of methoxy groups -OCH3 is 1. The second-order valence-corrected chi connectivity index (χ2v) is 2.67. The largest absolute Gasteiger partial charge is 0.480 e.